The molecule has 0 spiro atoms. The molecule has 2 aliphatic heterocycles. The summed E-state index contributed by atoms with van der Waals surface area (Å²) in [6.45, 7) is 7.46. The van der Waals surface area contributed by atoms with Crippen LogP contribution in [-0.4, -0.2) is 35.1 Å². The fourth-order valence-corrected chi connectivity index (χ4v) is 3.79. The molecule has 1 amide bonds. The van der Waals surface area contributed by atoms with Crippen LogP contribution >= 0.6 is 0 Å². The normalized spacial score (nSPS) is 19.8. The maximum atomic E-state index is 12.4. The van der Waals surface area contributed by atoms with Crippen LogP contribution in [-0.2, 0) is 4.79 Å². The number of carbonyl (C=O) groups is 1. The largest absolute Gasteiger partial charge is 0.486 e. The van der Waals surface area contributed by atoms with E-state index < -0.39 is 0 Å². The molecular weight excluding hydrogens is 356 g/mol. The SMILES string of the molecule is CC(Nc1nccc(N2C(=O)CC[C@@H]2C(C)C)n1)c1ccc2c(c1)OCCO2. The second-order valence-electron chi connectivity index (χ2n) is 7.62. The summed E-state index contributed by atoms with van der Waals surface area (Å²) < 4.78 is 11.2. The minimum Gasteiger partial charge on any atom is -0.486 e. The van der Waals surface area contributed by atoms with Gasteiger partial charge in [-0.1, -0.05) is 19.9 Å². The lowest BCUT2D eigenvalue weighted by molar-refractivity contribution is -0.117. The van der Waals surface area contributed by atoms with Crippen LogP contribution in [0.25, 0.3) is 0 Å². The Bertz CT molecular complexity index is 870. The molecule has 2 aromatic rings. The van der Waals surface area contributed by atoms with Gasteiger partial charge in [0.15, 0.2) is 11.5 Å². The Balaban J connectivity index is 1.52. The van der Waals surface area contributed by atoms with Crippen LogP contribution in [0.5, 0.6) is 11.5 Å². The van der Waals surface area contributed by atoms with Crippen molar-refractivity contribution >= 4 is 17.7 Å². The Morgan fingerprint density at radius 3 is 2.71 bits per heavy atom. The van der Waals surface area contributed by atoms with Crippen molar-refractivity contribution in [3.05, 3.63) is 36.0 Å². The summed E-state index contributed by atoms with van der Waals surface area (Å²) in [7, 11) is 0. The Morgan fingerprint density at radius 1 is 1.14 bits per heavy atom. The number of ether oxygens (including phenoxy) is 2. The summed E-state index contributed by atoms with van der Waals surface area (Å²) in [5.41, 5.74) is 1.05. The summed E-state index contributed by atoms with van der Waals surface area (Å²) >= 11 is 0. The van der Waals surface area contributed by atoms with Crippen molar-refractivity contribution in [2.75, 3.05) is 23.4 Å². The minimum atomic E-state index is -0.0266. The topological polar surface area (TPSA) is 76.6 Å². The van der Waals surface area contributed by atoms with Crippen molar-refractivity contribution in [3.63, 3.8) is 0 Å². The van der Waals surface area contributed by atoms with Gasteiger partial charge in [-0.2, -0.15) is 4.98 Å². The van der Waals surface area contributed by atoms with Gasteiger partial charge in [0.25, 0.3) is 0 Å². The third-order valence-electron chi connectivity index (χ3n) is 5.32. The number of rotatable bonds is 5. The van der Waals surface area contributed by atoms with E-state index in [1.165, 1.54) is 0 Å². The molecule has 1 saturated heterocycles. The first-order valence-electron chi connectivity index (χ1n) is 9.84. The smallest absolute Gasteiger partial charge is 0.228 e. The predicted octanol–water partition coefficient (Wildman–Crippen LogP) is 3.57. The second kappa shape index (κ2) is 7.66. The van der Waals surface area contributed by atoms with E-state index in [0.717, 1.165) is 23.5 Å². The van der Waals surface area contributed by atoms with Crippen molar-refractivity contribution in [1.29, 1.82) is 0 Å². The number of nitrogens with zero attached hydrogens (tertiary/aromatic N) is 3. The lowest BCUT2D eigenvalue weighted by atomic mass is 10.0. The van der Waals surface area contributed by atoms with Gasteiger partial charge >= 0.3 is 0 Å². The number of amides is 1. The van der Waals surface area contributed by atoms with Crippen LogP contribution in [0.2, 0.25) is 0 Å². The third-order valence-corrected chi connectivity index (χ3v) is 5.32. The molecule has 7 nitrogen and oxygen atoms in total. The number of benzene rings is 1. The zero-order valence-corrected chi connectivity index (χ0v) is 16.5. The zero-order valence-electron chi connectivity index (χ0n) is 16.5. The number of nitrogens with one attached hydrogen (secondary N) is 1. The zero-order chi connectivity index (χ0) is 19.7. The fraction of sp³-hybridized carbons (Fsp3) is 0.476. The van der Waals surface area contributed by atoms with E-state index in [4.69, 9.17) is 9.47 Å². The molecule has 1 fully saturated rings. The quantitative estimate of drug-likeness (QED) is 0.852. The van der Waals surface area contributed by atoms with Crippen LogP contribution in [0.1, 0.15) is 45.2 Å². The number of hydrogen-bond acceptors (Lipinski definition) is 6. The first kappa shape index (κ1) is 18.5. The van der Waals surface area contributed by atoms with Crippen LogP contribution in [0.15, 0.2) is 30.5 Å². The van der Waals surface area contributed by atoms with Gasteiger partial charge in [0.1, 0.15) is 19.0 Å². The Morgan fingerprint density at radius 2 is 1.93 bits per heavy atom. The molecule has 1 aromatic carbocycles. The summed E-state index contributed by atoms with van der Waals surface area (Å²) in [6, 6.07) is 7.88. The molecule has 28 heavy (non-hydrogen) atoms. The van der Waals surface area contributed by atoms with E-state index in [1.807, 2.05) is 30.0 Å². The van der Waals surface area contributed by atoms with Gasteiger partial charge in [-0.15, -0.1) is 0 Å². The highest BCUT2D eigenvalue weighted by molar-refractivity contribution is 5.95. The molecule has 3 heterocycles. The summed E-state index contributed by atoms with van der Waals surface area (Å²) in [5.74, 6) is 3.20. The van der Waals surface area contributed by atoms with Gasteiger partial charge in [-0.25, -0.2) is 4.98 Å². The molecule has 148 valence electrons. The van der Waals surface area contributed by atoms with Crippen molar-refractivity contribution in [2.45, 2.75) is 45.7 Å². The molecule has 0 aliphatic carbocycles. The van der Waals surface area contributed by atoms with Crippen LogP contribution in [0.3, 0.4) is 0 Å². The van der Waals surface area contributed by atoms with Crippen molar-refractivity contribution < 1.29 is 14.3 Å². The average Bonchev–Trinajstić information content (AvgIpc) is 3.09. The Kier molecular flexibility index (Phi) is 5.07. The van der Waals surface area contributed by atoms with Crippen LogP contribution < -0.4 is 19.7 Å². The van der Waals surface area contributed by atoms with Crippen molar-refractivity contribution in [2.24, 2.45) is 5.92 Å². The summed E-state index contributed by atoms with van der Waals surface area (Å²) in [4.78, 5) is 23.2. The van der Waals surface area contributed by atoms with Crippen LogP contribution in [0.4, 0.5) is 11.8 Å². The molecule has 7 heteroatoms. The highest BCUT2D eigenvalue weighted by Crippen LogP contribution is 2.34. The molecule has 1 aromatic heterocycles. The highest BCUT2D eigenvalue weighted by atomic mass is 16.6. The van der Waals surface area contributed by atoms with E-state index in [9.17, 15) is 4.79 Å². The van der Waals surface area contributed by atoms with Gasteiger partial charge in [0.2, 0.25) is 11.9 Å². The summed E-state index contributed by atoms with van der Waals surface area (Å²) in [6.07, 6.45) is 3.14. The first-order valence-corrected chi connectivity index (χ1v) is 9.84. The maximum Gasteiger partial charge on any atom is 0.228 e. The molecule has 0 saturated carbocycles. The van der Waals surface area contributed by atoms with Gasteiger partial charge in [-0.05, 0) is 43.0 Å². The van der Waals surface area contributed by atoms with Gasteiger partial charge < -0.3 is 14.8 Å². The van der Waals surface area contributed by atoms with Crippen LogP contribution in [0, 0.1) is 5.92 Å². The van der Waals surface area contributed by atoms with E-state index in [0.29, 0.717) is 37.3 Å². The number of fused-ring (bicyclic) bond motifs is 1. The molecule has 2 atom stereocenters. The minimum absolute atomic E-state index is 0.0266. The molecule has 0 bridgehead atoms. The third kappa shape index (κ3) is 3.61. The Hall–Kier alpha value is -2.83. The molecule has 1 unspecified atom stereocenters. The second-order valence-corrected chi connectivity index (χ2v) is 7.62. The van der Waals surface area contributed by atoms with E-state index in [2.05, 4.69) is 29.1 Å². The number of hydrogen-bond donors (Lipinski definition) is 1. The van der Waals surface area contributed by atoms with Crippen molar-refractivity contribution in [3.8, 4) is 11.5 Å². The van der Waals surface area contributed by atoms with Crippen molar-refractivity contribution in [1.82, 2.24) is 9.97 Å². The average molecular weight is 382 g/mol. The number of carbonyl (C=O) groups excluding carboxylic acids is 1. The highest BCUT2D eigenvalue weighted by Gasteiger charge is 2.35. The Labute approximate surface area is 165 Å². The summed E-state index contributed by atoms with van der Waals surface area (Å²) in [5, 5.41) is 3.33. The lowest BCUT2D eigenvalue weighted by Crippen LogP contribution is -2.37. The van der Waals surface area contributed by atoms with E-state index in [-0.39, 0.29) is 18.0 Å². The molecule has 0 radical (unpaired) electrons. The molecule has 4 rings (SSSR count). The molecule has 2 aliphatic rings. The number of anilines is 2. The predicted molar refractivity (Wildman–Crippen MR) is 107 cm³/mol. The maximum absolute atomic E-state index is 12.4. The standard InChI is InChI=1S/C21H26N4O3/c1-13(2)16-5-7-20(26)25(16)19-8-9-22-21(24-19)23-14(3)15-4-6-17-18(12-15)28-11-10-27-17/h4,6,8-9,12-14,16H,5,7,10-11H2,1-3H3,(H,22,23,24)/t14?,16-/m1/s1. The first-order chi connectivity index (χ1) is 13.5. The van der Waals surface area contributed by atoms with E-state index >= 15 is 0 Å². The molecule has 1 N–H and O–H groups in total. The van der Waals surface area contributed by atoms with E-state index in [1.54, 1.807) is 12.3 Å². The molecular formula is C21H26N4O3. The monoisotopic (exact) mass is 382 g/mol. The number of aromatic nitrogens is 2. The van der Waals surface area contributed by atoms with Gasteiger partial charge in [-0.3, -0.25) is 9.69 Å². The van der Waals surface area contributed by atoms with Gasteiger partial charge in [0.05, 0.1) is 6.04 Å². The lowest BCUT2D eigenvalue weighted by Gasteiger charge is -2.27. The van der Waals surface area contributed by atoms with Gasteiger partial charge in [0, 0.05) is 18.7 Å². The fourth-order valence-electron chi connectivity index (χ4n) is 3.79.